The van der Waals surface area contributed by atoms with Gasteiger partial charge < -0.3 is 24.3 Å². The molecule has 2 aromatic carbocycles. The molecule has 0 saturated heterocycles. The van der Waals surface area contributed by atoms with E-state index in [1.165, 1.54) is 12.2 Å². The molecule has 0 spiro atoms. The molecular formula is C32H33N3O6. The molecule has 1 aliphatic rings. The van der Waals surface area contributed by atoms with Gasteiger partial charge in [0.2, 0.25) is 0 Å². The second-order valence-corrected chi connectivity index (χ2v) is 9.19. The maximum absolute atomic E-state index is 13.5. The Bertz CT molecular complexity index is 1490. The number of benzene rings is 2. The number of para-hydroxylation sites is 1. The topological polar surface area (TPSA) is 101 Å². The fourth-order valence-corrected chi connectivity index (χ4v) is 4.79. The molecule has 1 aromatic heterocycles. The number of dihydropyridines is 1. The molecule has 0 radical (unpaired) electrons. The Hall–Kier alpha value is -5.05. The average Bonchev–Trinajstić information content (AvgIpc) is 3.43. The number of rotatable bonds is 11. The van der Waals surface area contributed by atoms with E-state index in [0.717, 1.165) is 5.69 Å². The Morgan fingerprint density at radius 3 is 2.02 bits per heavy atom. The van der Waals surface area contributed by atoms with Gasteiger partial charge in [-0.05, 0) is 44.2 Å². The van der Waals surface area contributed by atoms with Gasteiger partial charge in [-0.1, -0.05) is 43.5 Å². The summed E-state index contributed by atoms with van der Waals surface area (Å²) in [6.45, 7) is 10.8. The Morgan fingerprint density at radius 1 is 0.902 bits per heavy atom. The first-order valence-electron chi connectivity index (χ1n) is 13.0. The fraction of sp³-hybridized carbons (Fsp3) is 0.219. The molecule has 1 N–H and O–H groups in total. The summed E-state index contributed by atoms with van der Waals surface area (Å²) in [5.41, 5.74) is 4.23. The van der Waals surface area contributed by atoms with Crippen LogP contribution in [0.3, 0.4) is 0 Å². The molecule has 4 rings (SSSR count). The lowest BCUT2D eigenvalue weighted by Crippen LogP contribution is -2.32. The van der Waals surface area contributed by atoms with Crippen LogP contribution in [0.2, 0.25) is 0 Å². The zero-order valence-corrected chi connectivity index (χ0v) is 23.6. The largest absolute Gasteiger partial charge is 0.493 e. The Balaban J connectivity index is 2.01. The zero-order chi connectivity index (χ0) is 29.5. The number of nitrogens with one attached hydrogen (secondary N) is 1. The van der Waals surface area contributed by atoms with Gasteiger partial charge in [0.15, 0.2) is 11.5 Å². The zero-order valence-electron chi connectivity index (χ0n) is 23.6. The molecule has 41 heavy (non-hydrogen) atoms. The second kappa shape index (κ2) is 12.9. The van der Waals surface area contributed by atoms with Gasteiger partial charge in [0, 0.05) is 28.7 Å². The van der Waals surface area contributed by atoms with E-state index in [1.54, 1.807) is 44.9 Å². The van der Waals surface area contributed by atoms with Crippen LogP contribution in [0.1, 0.15) is 25.3 Å². The fourth-order valence-electron chi connectivity index (χ4n) is 4.79. The molecule has 0 aliphatic carbocycles. The van der Waals surface area contributed by atoms with Gasteiger partial charge >= 0.3 is 11.9 Å². The third-order valence-corrected chi connectivity index (χ3v) is 6.60. The Kier molecular flexibility index (Phi) is 9.08. The lowest BCUT2D eigenvalue weighted by Gasteiger charge is -2.30. The van der Waals surface area contributed by atoms with E-state index in [9.17, 15) is 9.59 Å². The Morgan fingerprint density at radius 2 is 1.49 bits per heavy atom. The molecule has 9 nitrogen and oxygen atoms in total. The lowest BCUT2D eigenvalue weighted by atomic mass is 9.79. The van der Waals surface area contributed by atoms with Crippen LogP contribution < -0.4 is 14.8 Å². The highest BCUT2D eigenvalue weighted by atomic mass is 16.5. The predicted octanol–water partition coefficient (Wildman–Crippen LogP) is 5.25. The van der Waals surface area contributed by atoms with Crippen molar-refractivity contribution in [1.29, 1.82) is 0 Å². The molecule has 2 heterocycles. The highest BCUT2D eigenvalue weighted by molar-refractivity contribution is 6.00. The van der Waals surface area contributed by atoms with Crippen molar-refractivity contribution in [1.82, 2.24) is 15.1 Å². The number of esters is 2. The van der Waals surface area contributed by atoms with Crippen LogP contribution in [0.4, 0.5) is 0 Å². The van der Waals surface area contributed by atoms with Crippen LogP contribution >= 0.6 is 0 Å². The number of carbonyl (C=O) groups is 2. The molecule has 1 aliphatic heterocycles. The van der Waals surface area contributed by atoms with Crippen LogP contribution in [0.15, 0.2) is 103 Å². The second-order valence-electron chi connectivity index (χ2n) is 9.19. The summed E-state index contributed by atoms with van der Waals surface area (Å²) in [7, 11) is 3.11. The van der Waals surface area contributed by atoms with Crippen molar-refractivity contribution in [2.24, 2.45) is 0 Å². The average molecular weight is 556 g/mol. The van der Waals surface area contributed by atoms with E-state index in [2.05, 4.69) is 18.5 Å². The van der Waals surface area contributed by atoms with Gasteiger partial charge in [-0.15, -0.1) is 0 Å². The van der Waals surface area contributed by atoms with Crippen LogP contribution in [-0.4, -0.2) is 49.2 Å². The summed E-state index contributed by atoms with van der Waals surface area (Å²) in [5, 5.41) is 8.10. The first-order valence-corrected chi connectivity index (χ1v) is 13.0. The van der Waals surface area contributed by atoms with Crippen LogP contribution in [0.25, 0.3) is 16.9 Å². The van der Waals surface area contributed by atoms with Gasteiger partial charge in [0.25, 0.3) is 0 Å². The molecule has 0 amide bonds. The summed E-state index contributed by atoms with van der Waals surface area (Å²) >= 11 is 0. The Labute approximate surface area is 239 Å². The van der Waals surface area contributed by atoms with E-state index < -0.39 is 17.9 Å². The minimum atomic E-state index is -0.869. The van der Waals surface area contributed by atoms with E-state index >= 15 is 0 Å². The van der Waals surface area contributed by atoms with E-state index in [4.69, 9.17) is 24.0 Å². The van der Waals surface area contributed by atoms with Gasteiger partial charge in [0.1, 0.15) is 13.2 Å². The minimum Gasteiger partial charge on any atom is -0.493 e. The standard InChI is InChI=1S/C32H33N3O6/c1-7-16-40-31(36)27-20(3)33-21(4)28(32(37)41-17-8-2)29(27)24-19-35(23-12-10-9-11-13-23)34-30(24)22-14-15-25(38-5)26(18-22)39-6/h7-15,18-19,29,33H,1-2,16-17H2,3-6H3. The summed E-state index contributed by atoms with van der Waals surface area (Å²) < 4.78 is 23.7. The highest BCUT2D eigenvalue weighted by Gasteiger charge is 2.40. The van der Waals surface area contributed by atoms with Crippen LogP contribution in [0.5, 0.6) is 11.5 Å². The van der Waals surface area contributed by atoms with Crippen molar-refractivity contribution < 1.29 is 28.5 Å². The number of hydrogen-bond donors (Lipinski definition) is 1. The minimum absolute atomic E-state index is 0.00703. The van der Waals surface area contributed by atoms with E-state index in [0.29, 0.717) is 39.7 Å². The van der Waals surface area contributed by atoms with Gasteiger partial charge in [-0.3, -0.25) is 0 Å². The predicted molar refractivity (Wildman–Crippen MR) is 156 cm³/mol. The normalized spacial score (nSPS) is 13.4. The molecule has 3 aromatic rings. The van der Waals surface area contributed by atoms with E-state index in [-0.39, 0.29) is 24.4 Å². The molecule has 0 bridgehead atoms. The SMILES string of the molecule is C=CCOC(=O)C1=C(C)NC(C)=C(C(=O)OCC=C)C1c1cn(-c2ccccc2)nc1-c1ccc(OC)c(OC)c1. The summed E-state index contributed by atoms with van der Waals surface area (Å²) in [4.78, 5) is 27.1. The monoisotopic (exact) mass is 555 g/mol. The number of nitrogens with zero attached hydrogens (tertiary/aromatic N) is 2. The lowest BCUT2D eigenvalue weighted by molar-refractivity contribution is -0.138. The number of methoxy groups -OCH3 is 2. The van der Waals surface area contributed by atoms with Crippen molar-refractivity contribution in [3.8, 4) is 28.4 Å². The smallest absolute Gasteiger partial charge is 0.337 e. The molecule has 0 saturated carbocycles. The van der Waals surface area contributed by atoms with Crippen LogP contribution in [-0.2, 0) is 19.1 Å². The summed E-state index contributed by atoms with van der Waals surface area (Å²) in [6, 6.07) is 15.0. The molecular weight excluding hydrogens is 522 g/mol. The molecule has 0 fully saturated rings. The van der Waals surface area contributed by atoms with Crippen molar-refractivity contribution in [2.75, 3.05) is 27.4 Å². The number of aromatic nitrogens is 2. The van der Waals surface area contributed by atoms with Crippen molar-refractivity contribution in [3.63, 3.8) is 0 Å². The summed E-state index contributed by atoms with van der Waals surface area (Å²) in [5.74, 6) is -0.994. The van der Waals surface area contributed by atoms with Crippen LogP contribution in [0, 0.1) is 0 Å². The first-order chi connectivity index (χ1) is 19.8. The quantitative estimate of drug-likeness (QED) is 0.253. The first kappa shape index (κ1) is 28.9. The maximum Gasteiger partial charge on any atom is 0.337 e. The molecule has 9 heteroatoms. The number of allylic oxidation sites excluding steroid dienone is 2. The molecule has 0 atom stereocenters. The van der Waals surface area contributed by atoms with Gasteiger partial charge in [0.05, 0.1) is 42.7 Å². The van der Waals surface area contributed by atoms with E-state index in [1.807, 2.05) is 42.6 Å². The maximum atomic E-state index is 13.5. The third kappa shape index (κ3) is 5.94. The van der Waals surface area contributed by atoms with Gasteiger partial charge in [-0.25, -0.2) is 14.3 Å². The summed E-state index contributed by atoms with van der Waals surface area (Å²) in [6.07, 6.45) is 4.79. The number of ether oxygens (including phenoxy) is 4. The molecule has 0 unspecified atom stereocenters. The highest BCUT2D eigenvalue weighted by Crippen LogP contribution is 2.44. The number of hydrogen-bond acceptors (Lipinski definition) is 8. The van der Waals surface area contributed by atoms with Crippen molar-refractivity contribution in [2.45, 2.75) is 19.8 Å². The van der Waals surface area contributed by atoms with Gasteiger partial charge in [-0.2, -0.15) is 5.10 Å². The number of carbonyl (C=O) groups excluding carboxylic acids is 2. The van der Waals surface area contributed by atoms with Crippen molar-refractivity contribution >= 4 is 11.9 Å². The third-order valence-electron chi connectivity index (χ3n) is 6.60. The molecule has 212 valence electrons. The van der Waals surface area contributed by atoms with Crippen molar-refractivity contribution in [3.05, 3.63) is 108 Å².